The van der Waals surface area contributed by atoms with Gasteiger partial charge in [-0.05, 0) is 36.4 Å². The number of para-hydroxylation sites is 1. The van der Waals surface area contributed by atoms with Crippen LogP contribution in [0, 0.1) is 5.41 Å². The van der Waals surface area contributed by atoms with Crippen LogP contribution in [0.15, 0.2) is 54.6 Å². The number of hydrogen-bond donors (Lipinski definition) is 1. The highest BCUT2D eigenvalue weighted by atomic mass is 16.5. The lowest BCUT2D eigenvalue weighted by molar-refractivity contribution is -0.134. The molecule has 0 bridgehead atoms. The van der Waals surface area contributed by atoms with Crippen LogP contribution in [0.1, 0.15) is 20.3 Å². The van der Waals surface area contributed by atoms with Gasteiger partial charge in [0.1, 0.15) is 23.4 Å². The molecule has 3 heteroatoms. The third-order valence-electron chi connectivity index (χ3n) is 4.21. The Morgan fingerprint density at radius 2 is 1.48 bits per heavy atom. The van der Waals surface area contributed by atoms with E-state index in [0.29, 0.717) is 6.42 Å². The van der Waals surface area contributed by atoms with E-state index in [0.717, 1.165) is 17.2 Å². The molecule has 2 atom stereocenters. The molecule has 0 aromatic heterocycles. The fraction of sp³-hybridized carbons (Fsp3) is 0.333. The molecule has 0 radical (unpaired) electrons. The number of aliphatic hydroxyl groups is 1. The minimum atomic E-state index is -0.275. The number of aliphatic hydroxyl groups excluding tert-OH is 1. The molecule has 0 spiro atoms. The molecule has 0 saturated heterocycles. The van der Waals surface area contributed by atoms with Crippen LogP contribution in [0.5, 0.6) is 17.2 Å². The van der Waals surface area contributed by atoms with E-state index in [9.17, 15) is 5.11 Å². The molecular formula is C18H20O3. The number of ether oxygens (including phenoxy) is 2. The molecule has 1 aliphatic rings. The van der Waals surface area contributed by atoms with Crippen LogP contribution < -0.4 is 9.47 Å². The molecule has 1 fully saturated rings. The van der Waals surface area contributed by atoms with Crippen molar-refractivity contribution in [3.63, 3.8) is 0 Å². The zero-order valence-corrected chi connectivity index (χ0v) is 12.3. The Bertz CT molecular complexity index is 590. The number of benzene rings is 2. The Balaban J connectivity index is 1.62. The average Bonchev–Trinajstić information content (AvgIpc) is 2.50. The van der Waals surface area contributed by atoms with Crippen molar-refractivity contribution in [3.05, 3.63) is 54.6 Å². The summed E-state index contributed by atoms with van der Waals surface area (Å²) < 4.78 is 11.7. The van der Waals surface area contributed by atoms with E-state index < -0.39 is 0 Å². The summed E-state index contributed by atoms with van der Waals surface area (Å²) in [7, 11) is 0. The Labute approximate surface area is 125 Å². The lowest BCUT2D eigenvalue weighted by Crippen LogP contribution is -2.56. The van der Waals surface area contributed by atoms with Crippen molar-refractivity contribution >= 4 is 0 Å². The first-order chi connectivity index (χ1) is 10.1. The van der Waals surface area contributed by atoms with E-state index >= 15 is 0 Å². The third kappa shape index (κ3) is 2.88. The fourth-order valence-electron chi connectivity index (χ4n) is 2.44. The molecule has 0 heterocycles. The van der Waals surface area contributed by atoms with Crippen molar-refractivity contribution < 1.29 is 14.6 Å². The standard InChI is InChI=1S/C18H20O3/c1-18(2)16(19)12-17(18)21-15-10-8-14(9-11-15)20-13-6-4-3-5-7-13/h3-11,16-17,19H,12H2,1-2H3. The molecule has 110 valence electrons. The highest BCUT2D eigenvalue weighted by Gasteiger charge is 2.49. The Morgan fingerprint density at radius 3 is 2.05 bits per heavy atom. The molecule has 2 unspecified atom stereocenters. The Morgan fingerprint density at radius 1 is 0.905 bits per heavy atom. The maximum atomic E-state index is 9.73. The molecule has 0 amide bonds. The molecule has 0 aliphatic heterocycles. The monoisotopic (exact) mass is 284 g/mol. The van der Waals surface area contributed by atoms with Crippen LogP contribution in [0.4, 0.5) is 0 Å². The minimum Gasteiger partial charge on any atom is -0.490 e. The predicted octanol–water partition coefficient (Wildman–Crippen LogP) is 4.02. The highest BCUT2D eigenvalue weighted by molar-refractivity contribution is 5.35. The van der Waals surface area contributed by atoms with Crippen molar-refractivity contribution in [2.75, 3.05) is 0 Å². The number of hydrogen-bond acceptors (Lipinski definition) is 3. The summed E-state index contributed by atoms with van der Waals surface area (Å²) in [4.78, 5) is 0. The summed E-state index contributed by atoms with van der Waals surface area (Å²) in [5, 5.41) is 9.73. The van der Waals surface area contributed by atoms with Crippen LogP contribution in [0.25, 0.3) is 0 Å². The Kier molecular flexibility index (Phi) is 3.60. The molecule has 3 nitrogen and oxygen atoms in total. The van der Waals surface area contributed by atoms with Crippen molar-refractivity contribution in [2.24, 2.45) is 5.41 Å². The average molecular weight is 284 g/mol. The summed E-state index contributed by atoms with van der Waals surface area (Å²) >= 11 is 0. The van der Waals surface area contributed by atoms with Crippen LogP contribution in [0.2, 0.25) is 0 Å². The van der Waals surface area contributed by atoms with Gasteiger partial charge in [0, 0.05) is 11.8 Å². The van der Waals surface area contributed by atoms with E-state index in [1.54, 1.807) is 0 Å². The SMILES string of the molecule is CC1(C)C(O)CC1Oc1ccc(Oc2ccccc2)cc1. The van der Waals surface area contributed by atoms with E-state index in [-0.39, 0.29) is 17.6 Å². The predicted molar refractivity (Wildman–Crippen MR) is 81.8 cm³/mol. The van der Waals surface area contributed by atoms with E-state index in [1.807, 2.05) is 68.4 Å². The van der Waals surface area contributed by atoms with Gasteiger partial charge in [0.2, 0.25) is 0 Å². The molecule has 2 aromatic rings. The van der Waals surface area contributed by atoms with Gasteiger partial charge in [-0.15, -0.1) is 0 Å². The van der Waals surface area contributed by atoms with Crippen molar-refractivity contribution in [1.82, 2.24) is 0 Å². The first-order valence-electron chi connectivity index (χ1n) is 7.23. The van der Waals surface area contributed by atoms with Gasteiger partial charge in [-0.1, -0.05) is 32.0 Å². The second kappa shape index (κ2) is 5.41. The summed E-state index contributed by atoms with van der Waals surface area (Å²) in [6.07, 6.45) is 0.478. The molecule has 1 aliphatic carbocycles. The van der Waals surface area contributed by atoms with Gasteiger partial charge in [-0.3, -0.25) is 0 Å². The van der Waals surface area contributed by atoms with Gasteiger partial charge < -0.3 is 14.6 Å². The van der Waals surface area contributed by atoms with Gasteiger partial charge in [0.05, 0.1) is 6.10 Å². The van der Waals surface area contributed by atoms with Crippen molar-refractivity contribution in [2.45, 2.75) is 32.5 Å². The minimum absolute atomic E-state index is 0.0633. The molecule has 1 saturated carbocycles. The molecule has 21 heavy (non-hydrogen) atoms. The quantitative estimate of drug-likeness (QED) is 0.921. The van der Waals surface area contributed by atoms with Gasteiger partial charge in [0.25, 0.3) is 0 Å². The normalized spacial score (nSPS) is 23.2. The number of rotatable bonds is 4. The summed E-state index contributed by atoms with van der Waals surface area (Å²) in [5.74, 6) is 2.40. The third-order valence-corrected chi connectivity index (χ3v) is 4.21. The maximum Gasteiger partial charge on any atom is 0.127 e. The van der Waals surface area contributed by atoms with Gasteiger partial charge >= 0.3 is 0 Å². The first kappa shape index (κ1) is 14.0. The lowest BCUT2D eigenvalue weighted by atomic mass is 9.66. The molecule has 3 rings (SSSR count). The van der Waals surface area contributed by atoms with Gasteiger partial charge in [-0.2, -0.15) is 0 Å². The molecule has 1 N–H and O–H groups in total. The highest BCUT2D eigenvalue weighted by Crippen LogP contribution is 2.43. The molecule has 2 aromatic carbocycles. The lowest BCUT2D eigenvalue weighted by Gasteiger charge is -2.48. The van der Waals surface area contributed by atoms with Crippen molar-refractivity contribution in [1.29, 1.82) is 0 Å². The topological polar surface area (TPSA) is 38.7 Å². The maximum absolute atomic E-state index is 9.73. The second-order valence-electron chi connectivity index (χ2n) is 6.07. The summed E-state index contributed by atoms with van der Waals surface area (Å²) in [6.45, 7) is 4.05. The largest absolute Gasteiger partial charge is 0.490 e. The first-order valence-corrected chi connectivity index (χ1v) is 7.23. The smallest absolute Gasteiger partial charge is 0.127 e. The van der Waals surface area contributed by atoms with Crippen LogP contribution >= 0.6 is 0 Å². The fourth-order valence-corrected chi connectivity index (χ4v) is 2.44. The van der Waals surface area contributed by atoms with Gasteiger partial charge in [-0.25, -0.2) is 0 Å². The molecular weight excluding hydrogens is 264 g/mol. The van der Waals surface area contributed by atoms with Crippen LogP contribution in [-0.4, -0.2) is 17.3 Å². The van der Waals surface area contributed by atoms with E-state index in [1.165, 1.54) is 0 Å². The summed E-state index contributed by atoms with van der Waals surface area (Å²) in [5.41, 5.74) is -0.181. The van der Waals surface area contributed by atoms with Gasteiger partial charge in [0.15, 0.2) is 0 Å². The van der Waals surface area contributed by atoms with Crippen molar-refractivity contribution in [3.8, 4) is 17.2 Å². The second-order valence-corrected chi connectivity index (χ2v) is 6.07. The summed E-state index contributed by atoms with van der Waals surface area (Å²) in [6, 6.07) is 17.3. The van der Waals surface area contributed by atoms with E-state index in [4.69, 9.17) is 9.47 Å². The van der Waals surface area contributed by atoms with Crippen LogP contribution in [0.3, 0.4) is 0 Å². The zero-order chi connectivity index (χ0) is 14.9. The zero-order valence-electron chi connectivity index (χ0n) is 12.3. The van der Waals surface area contributed by atoms with E-state index in [2.05, 4.69) is 0 Å². The van der Waals surface area contributed by atoms with Crippen LogP contribution in [-0.2, 0) is 0 Å². The Hall–Kier alpha value is -2.00.